The Morgan fingerprint density at radius 3 is 2.27 bits per heavy atom. The van der Waals surface area contributed by atoms with Gasteiger partial charge in [-0.1, -0.05) is 69.4 Å². The van der Waals surface area contributed by atoms with Crippen molar-refractivity contribution >= 4 is 5.91 Å². The maximum Gasteiger partial charge on any atom is 0.238 e. The summed E-state index contributed by atoms with van der Waals surface area (Å²) in [7, 11) is 0. The molecule has 0 unspecified atom stereocenters. The maximum absolute atomic E-state index is 12.9. The van der Waals surface area contributed by atoms with Gasteiger partial charge in [0.1, 0.15) is 5.54 Å². The third-order valence-corrected chi connectivity index (χ3v) is 8.42. The first-order valence-corrected chi connectivity index (χ1v) is 12.5. The fourth-order valence-electron chi connectivity index (χ4n) is 6.84. The first-order valence-electron chi connectivity index (χ1n) is 12.5. The summed E-state index contributed by atoms with van der Waals surface area (Å²) >= 11 is 0. The van der Waals surface area contributed by atoms with Gasteiger partial charge in [0.2, 0.25) is 5.91 Å². The summed E-state index contributed by atoms with van der Waals surface area (Å²) in [5.41, 5.74) is 7.18. The molecule has 4 rings (SSSR count). The number of carbonyl (C=O) groups is 1. The molecule has 0 aromatic heterocycles. The average molecular weight is 412 g/mol. The SMILES string of the molecule is CCN(C1CCCCC1)C1(C(N)=O)CCN([C@@H]2CCCC[C@@H]2c2ccccc2)CC1. The topological polar surface area (TPSA) is 49.6 Å². The Kier molecular flexibility index (Phi) is 7.15. The maximum atomic E-state index is 12.9. The van der Waals surface area contributed by atoms with E-state index in [1.807, 2.05) is 0 Å². The van der Waals surface area contributed by atoms with Crippen molar-refractivity contribution in [3.8, 4) is 0 Å². The Hall–Kier alpha value is -1.39. The van der Waals surface area contributed by atoms with Crippen molar-refractivity contribution in [2.45, 2.75) is 101 Å². The Bertz CT molecular complexity index is 677. The zero-order chi connectivity index (χ0) is 21.0. The van der Waals surface area contributed by atoms with Gasteiger partial charge in [-0.05, 0) is 56.6 Å². The number of primary amides is 1. The van der Waals surface area contributed by atoms with Gasteiger partial charge in [-0.3, -0.25) is 14.6 Å². The van der Waals surface area contributed by atoms with Crippen molar-refractivity contribution in [2.24, 2.45) is 5.73 Å². The lowest BCUT2D eigenvalue weighted by atomic mass is 9.76. The van der Waals surface area contributed by atoms with Gasteiger partial charge in [-0.2, -0.15) is 0 Å². The van der Waals surface area contributed by atoms with Crippen molar-refractivity contribution in [1.29, 1.82) is 0 Å². The molecule has 3 fully saturated rings. The van der Waals surface area contributed by atoms with E-state index < -0.39 is 5.54 Å². The lowest BCUT2D eigenvalue weighted by Gasteiger charge is -2.52. The molecule has 4 nitrogen and oxygen atoms in total. The summed E-state index contributed by atoms with van der Waals surface area (Å²) in [6, 6.07) is 12.2. The molecule has 0 spiro atoms. The molecular formula is C26H41N3O. The minimum Gasteiger partial charge on any atom is -0.368 e. The molecule has 3 aliphatic rings. The lowest BCUT2D eigenvalue weighted by molar-refractivity contribution is -0.137. The predicted molar refractivity (Wildman–Crippen MR) is 123 cm³/mol. The number of likely N-dealkylation sites (tertiary alicyclic amines) is 1. The number of nitrogens with zero attached hydrogens (tertiary/aromatic N) is 2. The summed E-state index contributed by atoms with van der Waals surface area (Å²) in [6.07, 6.45) is 13.4. The zero-order valence-corrected chi connectivity index (χ0v) is 18.9. The lowest BCUT2D eigenvalue weighted by Crippen LogP contribution is -2.65. The normalized spacial score (nSPS) is 28.5. The van der Waals surface area contributed by atoms with E-state index in [0.29, 0.717) is 18.0 Å². The van der Waals surface area contributed by atoms with Gasteiger partial charge in [0.05, 0.1) is 0 Å². The van der Waals surface area contributed by atoms with Gasteiger partial charge in [-0.25, -0.2) is 0 Å². The van der Waals surface area contributed by atoms with E-state index in [2.05, 4.69) is 47.1 Å². The number of hydrogen-bond acceptors (Lipinski definition) is 3. The first kappa shape index (κ1) is 21.8. The third kappa shape index (κ3) is 4.31. The van der Waals surface area contributed by atoms with Gasteiger partial charge >= 0.3 is 0 Å². The Morgan fingerprint density at radius 2 is 1.63 bits per heavy atom. The summed E-state index contributed by atoms with van der Waals surface area (Å²) < 4.78 is 0. The Morgan fingerprint density at radius 1 is 1.00 bits per heavy atom. The van der Waals surface area contributed by atoms with Crippen molar-refractivity contribution in [3.05, 3.63) is 35.9 Å². The van der Waals surface area contributed by atoms with Gasteiger partial charge in [0, 0.05) is 25.2 Å². The number of amides is 1. The highest BCUT2D eigenvalue weighted by molar-refractivity contribution is 5.85. The van der Waals surface area contributed by atoms with E-state index in [1.54, 1.807) is 0 Å². The summed E-state index contributed by atoms with van der Waals surface area (Å²) in [4.78, 5) is 18.1. The van der Waals surface area contributed by atoms with Crippen molar-refractivity contribution in [2.75, 3.05) is 19.6 Å². The number of nitrogens with two attached hydrogens (primary N) is 1. The van der Waals surface area contributed by atoms with Crippen molar-refractivity contribution in [1.82, 2.24) is 9.80 Å². The van der Waals surface area contributed by atoms with Gasteiger partial charge in [0.25, 0.3) is 0 Å². The minimum absolute atomic E-state index is 0.0853. The monoisotopic (exact) mass is 411 g/mol. The fraction of sp³-hybridized carbons (Fsp3) is 0.731. The summed E-state index contributed by atoms with van der Waals surface area (Å²) in [5, 5.41) is 0. The van der Waals surface area contributed by atoms with Crippen LogP contribution in [0.15, 0.2) is 30.3 Å². The first-order chi connectivity index (χ1) is 14.7. The molecule has 1 saturated heterocycles. The molecule has 1 aliphatic heterocycles. The molecule has 2 saturated carbocycles. The van der Waals surface area contributed by atoms with E-state index in [4.69, 9.17) is 5.73 Å². The largest absolute Gasteiger partial charge is 0.368 e. The molecule has 2 aliphatic carbocycles. The van der Waals surface area contributed by atoms with E-state index in [1.165, 1.54) is 63.4 Å². The summed E-state index contributed by atoms with van der Waals surface area (Å²) in [5.74, 6) is 0.541. The molecule has 2 N–H and O–H groups in total. The van der Waals surface area contributed by atoms with Gasteiger partial charge in [0.15, 0.2) is 0 Å². The molecule has 4 heteroatoms. The van der Waals surface area contributed by atoms with E-state index in [0.717, 1.165) is 32.5 Å². The summed E-state index contributed by atoms with van der Waals surface area (Å²) in [6.45, 7) is 5.15. The Balaban J connectivity index is 1.49. The van der Waals surface area contributed by atoms with Crippen LogP contribution in [0, 0.1) is 0 Å². The third-order valence-electron chi connectivity index (χ3n) is 8.42. The van der Waals surface area contributed by atoms with E-state index in [9.17, 15) is 4.79 Å². The highest BCUT2D eigenvalue weighted by Gasteiger charge is 2.48. The fourth-order valence-corrected chi connectivity index (χ4v) is 6.84. The van der Waals surface area contributed by atoms with Crippen LogP contribution in [0.5, 0.6) is 0 Å². The number of likely N-dealkylation sites (N-methyl/N-ethyl adjacent to an activating group) is 1. The molecule has 166 valence electrons. The Labute approximate surface area is 183 Å². The molecule has 2 atom stereocenters. The molecule has 1 heterocycles. The van der Waals surface area contributed by atoms with Crippen LogP contribution in [-0.2, 0) is 4.79 Å². The van der Waals surface area contributed by atoms with Crippen LogP contribution in [0.25, 0.3) is 0 Å². The van der Waals surface area contributed by atoms with E-state index >= 15 is 0 Å². The second-order valence-corrected chi connectivity index (χ2v) is 9.88. The van der Waals surface area contributed by atoms with Gasteiger partial charge in [-0.15, -0.1) is 0 Å². The van der Waals surface area contributed by atoms with Crippen LogP contribution in [0.3, 0.4) is 0 Å². The smallest absolute Gasteiger partial charge is 0.238 e. The standard InChI is InChI=1S/C26H41N3O/c1-2-29(22-13-7-4-8-14-22)26(25(27)30)17-19-28(20-18-26)24-16-10-9-15-23(24)21-11-5-3-6-12-21/h3,5-6,11-12,22-24H,2,4,7-10,13-20H2,1H3,(H2,27,30)/t23-,24-/m1/s1. The quantitative estimate of drug-likeness (QED) is 0.739. The highest BCUT2D eigenvalue weighted by Crippen LogP contribution is 2.40. The van der Waals surface area contributed by atoms with Crippen LogP contribution < -0.4 is 5.73 Å². The van der Waals surface area contributed by atoms with Crippen LogP contribution >= 0.6 is 0 Å². The molecule has 1 aromatic carbocycles. The average Bonchev–Trinajstić information content (AvgIpc) is 2.81. The van der Waals surface area contributed by atoms with Crippen LogP contribution in [0.4, 0.5) is 0 Å². The highest BCUT2D eigenvalue weighted by atomic mass is 16.1. The van der Waals surface area contributed by atoms with Crippen molar-refractivity contribution < 1.29 is 4.79 Å². The second kappa shape index (κ2) is 9.82. The predicted octanol–water partition coefficient (Wildman–Crippen LogP) is 4.69. The number of hydrogen-bond donors (Lipinski definition) is 1. The van der Waals surface area contributed by atoms with Crippen LogP contribution in [0.2, 0.25) is 0 Å². The van der Waals surface area contributed by atoms with Crippen LogP contribution in [0.1, 0.15) is 89.0 Å². The molecule has 1 aromatic rings. The second-order valence-electron chi connectivity index (χ2n) is 9.88. The molecular weight excluding hydrogens is 370 g/mol. The van der Waals surface area contributed by atoms with E-state index in [-0.39, 0.29) is 5.91 Å². The van der Waals surface area contributed by atoms with Crippen LogP contribution in [-0.4, -0.2) is 53.0 Å². The minimum atomic E-state index is -0.440. The number of carbonyl (C=O) groups excluding carboxylic acids is 1. The molecule has 0 radical (unpaired) electrons. The number of piperidine rings is 1. The zero-order valence-electron chi connectivity index (χ0n) is 18.9. The number of benzene rings is 1. The molecule has 0 bridgehead atoms. The molecule has 30 heavy (non-hydrogen) atoms. The number of rotatable bonds is 6. The van der Waals surface area contributed by atoms with Gasteiger partial charge < -0.3 is 5.73 Å². The van der Waals surface area contributed by atoms with Crippen molar-refractivity contribution in [3.63, 3.8) is 0 Å². The molecule has 1 amide bonds.